The Hall–Kier alpha value is -2.70. The van der Waals surface area contributed by atoms with Gasteiger partial charge in [0.1, 0.15) is 0 Å². The van der Waals surface area contributed by atoms with E-state index in [-0.39, 0.29) is 25.9 Å². The number of alkyl halides is 4. The van der Waals surface area contributed by atoms with Crippen LogP contribution in [0.1, 0.15) is 31.2 Å². The first-order valence-electron chi connectivity index (χ1n) is 9.77. The van der Waals surface area contributed by atoms with Gasteiger partial charge >= 0.3 is 12.2 Å². The van der Waals surface area contributed by atoms with Crippen LogP contribution in [0.15, 0.2) is 29.4 Å². The molecule has 1 aliphatic rings. The van der Waals surface area contributed by atoms with Gasteiger partial charge in [-0.15, -0.1) is 0 Å². The van der Waals surface area contributed by atoms with E-state index in [0.717, 1.165) is 14.0 Å². The summed E-state index contributed by atoms with van der Waals surface area (Å²) >= 11 is 0. The summed E-state index contributed by atoms with van der Waals surface area (Å²) in [5, 5.41) is 2.19. The number of anilines is 1. The smallest absolute Gasteiger partial charge is 0.325 e. The van der Waals surface area contributed by atoms with E-state index in [1.54, 1.807) is 25.3 Å². The molecule has 3 heterocycles. The summed E-state index contributed by atoms with van der Waals surface area (Å²) in [6, 6.07) is 3.22. The van der Waals surface area contributed by atoms with Crippen LogP contribution in [-0.2, 0) is 23.1 Å². The van der Waals surface area contributed by atoms with Crippen molar-refractivity contribution in [1.82, 2.24) is 19.7 Å². The van der Waals surface area contributed by atoms with Crippen LogP contribution in [0.2, 0.25) is 0 Å². The molecule has 0 bridgehead atoms. The molecule has 0 saturated carbocycles. The number of hydrogen-bond donors (Lipinski definition) is 1. The molecule has 1 N–H and O–H groups in total. The number of carbonyl (C=O) groups is 1. The van der Waals surface area contributed by atoms with Crippen molar-refractivity contribution >= 4 is 21.6 Å². The molecule has 2 amide bonds. The fourth-order valence-electron chi connectivity index (χ4n) is 3.69. The number of likely N-dealkylation sites (tertiary alicyclic amines) is 1. The maximum absolute atomic E-state index is 15.6. The van der Waals surface area contributed by atoms with E-state index in [9.17, 15) is 26.4 Å². The minimum absolute atomic E-state index is 0.0268. The van der Waals surface area contributed by atoms with Crippen LogP contribution >= 0.6 is 0 Å². The first-order chi connectivity index (χ1) is 14.7. The van der Waals surface area contributed by atoms with E-state index >= 15 is 4.39 Å². The normalized spacial score (nSPS) is 17.8. The Bertz CT molecular complexity index is 1110. The summed E-state index contributed by atoms with van der Waals surface area (Å²) in [4.78, 5) is 17.9. The topological polar surface area (TPSA) is 97.2 Å². The van der Waals surface area contributed by atoms with Crippen molar-refractivity contribution in [2.24, 2.45) is 13.0 Å². The third kappa shape index (κ3) is 4.57. The van der Waals surface area contributed by atoms with Gasteiger partial charge in [-0.05, 0) is 38.8 Å². The van der Waals surface area contributed by atoms with Crippen molar-refractivity contribution in [1.29, 1.82) is 0 Å². The highest BCUT2D eigenvalue weighted by molar-refractivity contribution is 7.92. The minimum Gasteiger partial charge on any atom is -0.325 e. The number of aromatic nitrogens is 3. The zero-order chi connectivity index (χ0) is 23.9. The van der Waals surface area contributed by atoms with Crippen LogP contribution in [0.5, 0.6) is 0 Å². The van der Waals surface area contributed by atoms with Gasteiger partial charge in [0.25, 0.3) is 0 Å². The van der Waals surface area contributed by atoms with Gasteiger partial charge < -0.3 is 10.2 Å². The third-order valence-electron chi connectivity index (χ3n) is 5.59. The van der Waals surface area contributed by atoms with Crippen molar-refractivity contribution in [2.75, 3.05) is 18.4 Å². The molecule has 2 aromatic heterocycles. The average molecular weight is 477 g/mol. The number of piperidine rings is 1. The lowest BCUT2D eigenvalue weighted by Crippen LogP contribution is -2.48. The van der Waals surface area contributed by atoms with Crippen LogP contribution in [0.3, 0.4) is 0 Å². The van der Waals surface area contributed by atoms with Gasteiger partial charge in [0.15, 0.2) is 10.7 Å². The Labute approximate surface area is 182 Å². The summed E-state index contributed by atoms with van der Waals surface area (Å²) < 4.78 is 80.7. The molecule has 32 heavy (non-hydrogen) atoms. The Morgan fingerprint density at radius 2 is 1.81 bits per heavy atom. The number of halogens is 4. The first kappa shape index (κ1) is 24.0. The second-order valence-electron chi connectivity index (χ2n) is 7.86. The summed E-state index contributed by atoms with van der Waals surface area (Å²) in [5.74, 6) is -1.01. The molecule has 8 nitrogen and oxygen atoms in total. The molecule has 0 aliphatic carbocycles. The van der Waals surface area contributed by atoms with Crippen molar-refractivity contribution < 1.29 is 30.8 Å². The van der Waals surface area contributed by atoms with Crippen LogP contribution in [0, 0.1) is 12.8 Å². The SMILES string of the molecule is Cc1cc(NC(=O)N2CCC(C(C)(F)S(=O)(=O)c3cc(C(F)(F)F)nn3C)CC2)ccn1. The molecule has 0 aromatic carbocycles. The quantitative estimate of drug-likeness (QED) is 0.680. The molecule has 0 radical (unpaired) electrons. The lowest BCUT2D eigenvalue weighted by atomic mass is 9.92. The summed E-state index contributed by atoms with van der Waals surface area (Å²) in [5.41, 5.74) is -0.157. The number of rotatable bonds is 4. The van der Waals surface area contributed by atoms with Crippen molar-refractivity contribution in [3.63, 3.8) is 0 Å². The van der Waals surface area contributed by atoms with E-state index in [1.807, 2.05) is 0 Å². The number of nitrogens with one attached hydrogen (secondary N) is 1. The number of pyridine rings is 1. The maximum Gasteiger partial charge on any atom is 0.435 e. The van der Waals surface area contributed by atoms with Gasteiger partial charge in [0.2, 0.25) is 14.8 Å². The molecule has 1 aliphatic heterocycles. The summed E-state index contributed by atoms with van der Waals surface area (Å²) in [6.07, 6.45) is -3.26. The largest absolute Gasteiger partial charge is 0.435 e. The van der Waals surface area contributed by atoms with E-state index in [0.29, 0.717) is 22.1 Å². The summed E-state index contributed by atoms with van der Waals surface area (Å²) in [7, 11) is -3.77. The number of amides is 2. The predicted octanol–water partition coefficient (Wildman–Crippen LogP) is 3.55. The van der Waals surface area contributed by atoms with Gasteiger partial charge in [-0.3, -0.25) is 9.67 Å². The van der Waals surface area contributed by atoms with E-state index < -0.39 is 43.7 Å². The van der Waals surface area contributed by atoms with Gasteiger partial charge in [-0.25, -0.2) is 17.6 Å². The fourth-order valence-corrected chi connectivity index (χ4v) is 5.43. The first-order valence-corrected chi connectivity index (χ1v) is 11.2. The molecule has 1 unspecified atom stereocenters. The molecular formula is C19H23F4N5O3S. The average Bonchev–Trinajstić information content (AvgIpc) is 3.11. The van der Waals surface area contributed by atoms with Crippen molar-refractivity contribution in [3.05, 3.63) is 35.8 Å². The fraction of sp³-hybridized carbons (Fsp3) is 0.526. The molecule has 0 spiro atoms. The standard InChI is InChI=1S/C19H23F4N5O3S/c1-12-10-14(4-7-24-12)25-17(29)28-8-5-13(6-9-28)18(2,20)32(30,31)16-11-15(19(21,22)23)26-27(16)3/h4,7,10-11,13H,5-6,8-9H2,1-3H3,(H,24,25,29). The highest BCUT2D eigenvalue weighted by Gasteiger charge is 2.50. The molecule has 1 atom stereocenters. The molecule has 2 aromatic rings. The van der Waals surface area contributed by atoms with Gasteiger partial charge in [0.05, 0.1) is 0 Å². The zero-order valence-corrected chi connectivity index (χ0v) is 18.5. The Balaban J connectivity index is 1.71. The number of nitrogens with zero attached hydrogens (tertiary/aromatic N) is 4. The molecule has 13 heteroatoms. The lowest BCUT2D eigenvalue weighted by Gasteiger charge is -2.37. The monoisotopic (exact) mass is 477 g/mol. The molecule has 1 saturated heterocycles. The Morgan fingerprint density at radius 1 is 1.19 bits per heavy atom. The number of urea groups is 1. The molecule has 176 valence electrons. The Morgan fingerprint density at radius 3 is 2.34 bits per heavy atom. The Kier molecular flexibility index (Phi) is 6.24. The van der Waals surface area contributed by atoms with Gasteiger partial charge in [0, 0.05) is 49.7 Å². The van der Waals surface area contributed by atoms with Crippen LogP contribution < -0.4 is 5.32 Å². The van der Waals surface area contributed by atoms with Crippen LogP contribution in [0.25, 0.3) is 0 Å². The number of aryl methyl sites for hydroxylation is 2. The van der Waals surface area contributed by atoms with Crippen molar-refractivity contribution in [3.8, 4) is 0 Å². The second kappa shape index (κ2) is 8.34. The molecule has 3 rings (SSSR count). The van der Waals surface area contributed by atoms with Crippen LogP contribution in [0.4, 0.5) is 28.0 Å². The molecule has 1 fully saturated rings. The van der Waals surface area contributed by atoms with E-state index in [1.165, 1.54) is 4.90 Å². The molecular weight excluding hydrogens is 454 g/mol. The van der Waals surface area contributed by atoms with Crippen molar-refractivity contribution in [2.45, 2.75) is 42.9 Å². The van der Waals surface area contributed by atoms with Gasteiger partial charge in [-0.2, -0.15) is 18.3 Å². The highest BCUT2D eigenvalue weighted by Crippen LogP contribution is 2.40. The highest BCUT2D eigenvalue weighted by atomic mass is 32.2. The summed E-state index contributed by atoms with van der Waals surface area (Å²) in [6.45, 7) is 2.80. The zero-order valence-electron chi connectivity index (χ0n) is 17.6. The lowest BCUT2D eigenvalue weighted by molar-refractivity contribution is -0.141. The predicted molar refractivity (Wildman–Crippen MR) is 107 cm³/mol. The number of sulfone groups is 1. The third-order valence-corrected chi connectivity index (χ3v) is 7.90. The van der Waals surface area contributed by atoms with E-state index in [2.05, 4.69) is 15.4 Å². The second-order valence-corrected chi connectivity index (χ2v) is 10.1. The van der Waals surface area contributed by atoms with E-state index in [4.69, 9.17) is 0 Å². The number of carbonyl (C=O) groups excluding carboxylic acids is 1. The van der Waals surface area contributed by atoms with Gasteiger partial charge in [-0.1, -0.05) is 0 Å². The maximum atomic E-state index is 15.6. The van der Waals surface area contributed by atoms with Crippen LogP contribution in [-0.4, -0.2) is 52.2 Å². The minimum atomic E-state index is -4.86. The number of hydrogen-bond acceptors (Lipinski definition) is 5.